The lowest BCUT2D eigenvalue weighted by Crippen LogP contribution is -2.15. The molecule has 0 saturated carbocycles. The average Bonchev–Trinajstić information content (AvgIpc) is 2.86. The highest BCUT2D eigenvalue weighted by molar-refractivity contribution is 7.94. The van der Waals surface area contributed by atoms with Crippen LogP contribution in [0.1, 0.15) is 5.56 Å². The van der Waals surface area contributed by atoms with Gasteiger partial charge in [-0.3, -0.25) is 4.72 Å². The second kappa shape index (κ2) is 5.26. The zero-order chi connectivity index (χ0) is 15.8. The van der Waals surface area contributed by atoms with Gasteiger partial charge in [-0.2, -0.15) is 13.2 Å². The molecule has 21 heavy (non-hydrogen) atoms. The van der Waals surface area contributed by atoms with Crippen LogP contribution in [0.2, 0.25) is 0 Å². The third-order valence-electron chi connectivity index (χ3n) is 2.37. The summed E-state index contributed by atoms with van der Waals surface area (Å²) in [4.78, 5) is 0. The average molecular weight is 343 g/mol. The number of hydrogen-bond donors (Lipinski definition) is 1. The standard InChI is InChI=1S/C11H6F5NO2S2/c12-7-5-9(8(13)4-6(7)11(14,15)16)17-21(18,19)10-2-1-3-20-10/h1-5,17H. The first kappa shape index (κ1) is 15.7. The van der Waals surface area contributed by atoms with E-state index in [0.29, 0.717) is 0 Å². The number of thiophene rings is 1. The van der Waals surface area contributed by atoms with Crippen LogP contribution in [0, 0.1) is 11.6 Å². The molecule has 114 valence electrons. The predicted molar refractivity (Wildman–Crippen MR) is 66.5 cm³/mol. The number of alkyl halides is 3. The predicted octanol–water partition coefficient (Wildman–Crippen LogP) is 3.85. The van der Waals surface area contributed by atoms with Crippen molar-refractivity contribution in [1.82, 2.24) is 0 Å². The first-order valence-corrected chi connectivity index (χ1v) is 7.60. The monoisotopic (exact) mass is 343 g/mol. The van der Waals surface area contributed by atoms with Crippen molar-refractivity contribution in [1.29, 1.82) is 0 Å². The highest BCUT2D eigenvalue weighted by Gasteiger charge is 2.35. The van der Waals surface area contributed by atoms with Gasteiger partial charge in [-0.1, -0.05) is 6.07 Å². The molecule has 3 nitrogen and oxygen atoms in total. The first-order chi connectivity index (χ1) is 9.61. The summed E-state index contributed by atoms with van der Waals surface area (Å²) in [6, 6.07) is 2.69. The van der Waals surface area contributed by atoms with E-state index in [1.165, 1.54) is 17.5 Å². The van der Waals surface area contributed by atoms with Gasteiger partial charge in [0.05, 0.1) is 11.3 Å². The lowest BCUT2D eigenvalue weighted by atomic mass is 10.2. The quantitative estimate of drug-likeness (QED) is 0.861. The molecule has 0 aliphatic carbocycles. The first-order valence-electron chi connectivity index (χ1n) is 5.24. The fourth-order valence-electron chi connectivity index (χ4n) is 1.45. The zero-order valence-corrected chi connectivity index (χ0v) is 11.5. The number of nitrogens with one attached hydrogen (secondary N) is 1. The zero-order valence-electron chi connectivity index (χ0n) is 9.91. The van der Waals surface area contributed by atoms with Crippen LogP contribution in [0.25, 0.3) is 0 Å². The smallest absolute Gasteiger partial charge is 0.276 e. The lowest BCUT2D eigenvalue weighted by Gasteiger charge is -2.12. The fraction of sp³-hybridized carbons (Fsp3) is 0.0909. The van der Waals surface area contributed by atoms with Gasteiger partial charge in [0.25, 0.3) is 10.0 Å². The van der Waals surface area contributed by atoms with Gasteiger partial charge in [0, 0.05) is 6.07 Å². The minimum absolute atomic E-state index is 0.0956. The SMILES string of the molecule is O=S(=O)(Nc1cc(F)c(C(F)(F)F)cc1F)c1cccs1. The van der Waals surface area contributed by atoms with Gasteiger partial charge in [0.2, 0.25) is 0 Å². The Balaban J connectivity index is 2.41. The number of halogens is 5. The molecule has 0 spiro atoms. The van der Waals surface area contributed by atoms with Crippen molar-refractivity contribution in [2.45, 2.75) is 10.4 Å². The van der Waals surface area contributed by atoms with Crippen LogP contribution < -0.4 is 4.72 Å². The molecule has 0 saturated heterocycles. The minimum atomic E-state index is -5.07. The molecule has 10 heteroatoms. The Morgan fingerprint density at radius 2 is 1.76 bits per heavy atom. The van der Waals surface area contributed by atoms with Crippen LogP contribution in [0.5, 0.6) is 0 Å². The molecule has 0 aliphatic heterocycles. The maximum Gasteiger partial charge on any atom is 0.419 e. The van der Waals surface area contributed by atoms with E-state index < -0.39 is 39.1 Å². The summed E-state index contributed by atoms with van der Waals surface area (Å²) < 4.78 is 89.1. The number of sulfonamides is 1. The van der Waals surface area contributed by atoms with Gasteiger partial charge in [-0.15, -0.1) is 11.3 Å². The molecule has 0 radical (unpaired) electrons. The van der Waals surface area contributed by atoms with Crippen LogP contribution in [-0.2, 0) is 16.2 Å². The van der Waals surface area contributed by atoms with E-state index in [1.54, 1.807) is 4.72 Å². The molecule has 0 unspecified atom stereocenters. The number of hydrogen-bond acceptors (Lipinski definition) is 3. The summed E-state index contributed by atoms with van der Waals surface area (Å²) >= 11 is 0.820. The molecule has 1 N–H and O–H groups in total. The van der Waals surface area contributed by atoms with Gasteiger partial charge in [-0.05, 0) is 17.5 Å². The molecule has 0 bridgehead atoms. The molecule has 0 amide bonds. The van der Waals surface area contributed by atoms with Gasteiger partial charge in [-0.25, -0.2) is 17.2 Å². The molecule has 0 fully saturated rings. The number of anilines is 1. The molecule has 0 aliphatic rings. The fourth-order valence-corrected chi connectivity index (χ4v) is 3.50. The molecule has 1 aromatic heterocycles. The van der Waals surface area contributed by atoms with E-state index in [2.05, 4.69) is 0 Å². The van der Waals surface area contributed by atoms with Crippen molar-refractivity contribution in [2.75, 3.05) is 4.72 Å². The van der Waals surface area contributed by atoms with E-state index in [-0.39, 0.29) is 16.3 Å². The van der Waals surface area contributed by atoms with Gasteiger partial charge < -0.3 is 0 Å². The van der Waals surface area contributed by atoms with Crippen LogP contribution in [0.3, 0.4) is 0 Å². The van der Waals surface area contributed by atoms with E-state index in [4.69, 9.17) is 0 Å². The van der Waals surface area contributed by atoms with E-state index in [9.17, 15) is 30.4 Å². The highest BCUT2D eigenvalue weighted by Crippen LogP contribution is 2.34. The van der Waals surface area contributed by atoms with Crippen molar-refractivity contribution < 1.29 is 30.4 Å². The Morgan fingerprint density at radius 3 is 2.29 bits per heavy atom. The second-order valence-corrected chi connectivity index (χ2v) is 6.70. The largest absolute Gasteiger partial charge is 0.419 e. The molecule has 1 heterocycles. The third kappa shape index (κ3) is 3.32. The summed E-state index contributed by atoms with van der Waals surface area (Å²) in [6.07, 6.45) is -5.07. The minimum Gasteiger partial charge on any atom is -0.276 e. The second-order valence-electron chi connectivity index (χ2n) is 3.85. The van der Waals surface area contributed by atoms with Crippen LogP contribution in [0.15, 0.2) is 33.9 Å². The van der Waals surface area contributed by atoms with Crippen molar-refractivity contribution >= 4 is 27.0 Å². The Bertz CT molecular complexity index is 754. The molecular weight excluding hydrogens is 337 g/mol. The maximum atomic E-state index is 13.5. The van der Waals surface area contributed by atoms with Crippen LogP contribution in [0.4, 0.5) is 27.6 Å². The van der Waals surface area contributed by atoms with Crippen LogP contribution in [-0.4, -0.2) is 8.42 Å². The summed E-state index contributed by atoms with van der Waals surface area (Å²) in [7, 11) is -4.18. The highest BCUT2D eigenvalue weighted by atomic mass is 32.2. The number of rotatable bonds is 3. The molecule has 0 atom stereocenters. The van der Waals surface area contributed by atoms with Crippen LogP contribution >= 0.6 is 11.3 Å². The summed E-state index contributed by atoms with van der Waals surface area (Å²) in [5, 5.41) is 1.44. The lowest BCUT2D eigenvalue weighted by molar-refractivity contribution is -0.140. The topological polar surface area (TPSA) is 46.2 Å². The van der Waals surface area contributed by atoms with E-state index in [0.717, 1.165) is 11.3 Å². The van der Waals surface area contributed by atoms with Gasteiger partial charge in [0.1, 0.15) is 15.8 Å². The van der Waals surface area contributed by atoms with E-state index in [1.807, 2.05) is 0 Å². The van der Waals surface area contributed by atoms with Gasteiger partial charge >= 0.3 is 6.18 Å². The van der Waals surface area contributed by atoms with Crippen molar-refractivity contribution in [2.24, 2.45) is 0 Å². The molecular formula is C11H6F5NO2S2. The summed E-state index contributed by atoms with van der Waals surface area (Å²) in [5.74, 6) is -3.29. The number of benzene rings is 1. The van der Waals surface area contributed by atoms with Crippen molar-refractivity contribution in [3.05, 3.63) is 46.8 Å². The van der Waals surface area contributed by atoms with E-state index >= 15 is 0 Å². The summed E-state index contributed by atoms with van der Waals surface area (Å²) in [6.45, 7) is 0. The Labute approximate surface area is 120 Å². The van der Waals surface area contributed by atoms with Crippen molar-refractivity contribution in [3.8, 4) is 0 Å². The maximum absolute atomic E-state index is 13.5. The normalized spacial score (nSPS) is 12.4. The third-order valence-corrected chi connectivity index (χ3v) is 5.13. The summed E-state index contributed by atoms with van der Waals surface area (Å²) in [5.41, 5.74) is -2.70. The molecule has 1 aromatic carbocycles. The van der Waals surface area contributed by atoms with Crippen molar-refractivity contribution in [3.63, 3.8) is 0 Å². The molecule has 2 aromatic rings. The Kier molecular flexibility index (Phi) is 3.93. The Morgan fingerprint density at radius 1 is 1.10 bits per heavy atom. The molecule has 2 rings (SSSR count). The van der Waals surface area contributed by atoms with Gasteiger partial charge in [0.15, 0.2) is 0 Å². The Hall–Kier alpha value is -1.68.